The highest BCUT2D eigenvalue weighted by atomic mass is 35.5. The Morgan fingerprint density at radius 2 is 2.21 bits per heavy atom. The van der Waals surface area contributed by atoms with Gasteiger partial charge in [-0.2, -0.15) is 5.10 Å². The van der Waals surface area contributed by atoms with Crippen molar-refractivity contribution >= 4 is 18.4 Å². The highest BCUT2D eigenvalue weighted by Crippen LogP contribution is 2.14. The topological polar surface area (TPSA) is 64.2 Å². The highest BCUT2D eigenvalue weighted by Gasteiger charge is 2.15. The van der Waals surface area contributed by atoms with Crippen LogP contribution in [0.25, 0.3) is 0 Å². The number of ether oxygens (including phenoxy) is 2. The van der Waals surface area contributed by atoms with E-state index in [9.17, 15) is 4.79 Å². The second-order valence-electron chi connectivity index (χ2n) is 2.27. The number of hydrogen-bond donors (Lipinski definition) is 1. The van der Waals surface area contributed by atoms with Crippen molar-refractivity contribution in [2.24, 2.45) is 0 Å². The van der Waals surface area contributed by atoms with Gasteiger partial charge >= 0.3 is 5.97 Å². The number of aromatic nitrogens is 2. The van der Waals surface area contributed by atoms with Crippen LogP contribution in [0.5, 0.6) is 5.88 Å². The minimum Gasteiger partial charge on any atom is -0.478 e. The van der Waals surface area contributed by atoms with Crippen molar-refractivity contribution in [2.45, 2.75) is 13.8 Å². The Labute approximate surface area is 88.2 Å². The quantitative estimate of drug-likeness (QED) is 0.780. The molecule has 1 heterocycles. The van der Waals surface area contributed by atoms with E-state index in [1.54, 1.807) is 6.92 Å². The van der Waals surface area contributed by atoms with E-state index in [4.69, 9.17) is 9.47 Å². The molecule has 0 bridgehead atoms. The van der Waals surface area contributed by atoms with Crippen molar-refractivity contribution in [1.82, 2.24) is 10.2 Å². The maximum atomic E-state index is 11.2. The SMILES string of the molecule is CCOC(=O)c1cn[nH]c1OCC.Cl. The predicted molar refractivity (Wildman–Crippen MR) is 53.0 cm³/mol. The largest absolute Gasteiger partial charge is 0.478 e. The highest BCUT2D eigenvalue weighted by molar-refractivity contribution is 5.91. The third kappa shape index (κ3) is 2.92. The molecule has 1 rings (SSSR count). The number of hydrogen-bond acceptors (Lipinski definition) is 4. The number of halogens is 1. The summed E-state index contributed by atoms with van der Waals surface area (Å²) in [4.78, 5) is 11.2. The molecule has 0 amide bonds. The molecule has 0 radical (unpaired) electrons. The molecule has 1 aromatic rings. The summed E-state index contributed by atoms with van der Waals surface area (Å²) < 4.78 is 9.92. The molecule has 0 aliphatic carbocycles. The fraction of sp³-hybridized carbons (Fsp3) is 0.500. The van der Waals surface area contributed by atoms with Crippen LogP contribution in [0.3, 0.4) is 0 Å². The minimum atomic E-state index is -0.417. The predicted octanol–water partition coefficient (Wildman–Crippen LogP) is 1.41. The van der Waals surface area contributed by atoms with Gasteiger partial charge < -0.3 is 9.47 Å². The lowest BCUT2D eigenvalue weighted by Gasteiger charge is -2.02. The molecule has 0 aliphatic heterocycles. The van der Waals surface area contributed by atoms with Crippen LogP contribution in [-0.4, -0.2) is 29.4 Å². The first-order valence-corrected chi connectivity index (χ1v) is 4.12. The summed E-state index contributed by atoms with van der Waals surface area (Å²) in [5.74, 6) is -0.0550. The first-order chi connectivity index (χ1) is 6.29. The molecule has 5 nitrogen and oxygen atoms in total. The van der Waals surface area contributed by atoms with Crippen molar-refractivity contribution in [1.29, 1.82) is 0 Å². The second-order valence-corrected chi connectivity index (χ2v) is 2.27. The van der Waals surface area contributed by atoms with Crippen LogP contribution in [-0.2, 0) is 4.74 Å². The lowest BCUT2D eigenvalue weighted by atomic mass is 10.3. The number of rotatable bonds is 4. The second kappa shape index (κ2) is 6.26. The Kier molecular flexibility index (Phi) is 5.71. The van der Waals surface area contributed by atoms with Gasteiger partial charge in [0, 0.05) is 0 Å². The summed E-state index contributed by atoms with van der Waals surface area (Å²) in [5, 5.41) is 6.27. The molecule has 0 fully saturated rings. The van der Waals surface area contributed by atoms with E-state index in [0.29, 0.717) is 24.7 Å². The van der Waals surface area contributed by atoms with E-state index in [1.807, 2.05) is 6.92 Å². The Bertz CT molecular complexity index is 288. The van der Waals surface area contributed by atoms with Crippen molar-refractivity contribution in [3.05, 3.63) is 11.8 Å². The number of nitrogens with one attached hydrogen (secondary N) is 1. The van der Waals surface area contributed by atoms with Gasteiger partial charge in [-0.25, -0.2) is 9.89 Å². The number of esters is 1. The first-order valence-electron chi connectivity index (χ1n) is 4.12. The molecule has 14 heavy (non-hydrogen) atoms. The van der Waals surface area contributed by atoms with Crippen LogP contribution in [0.15, 0.2) is 6.20 Å². The monoisotopic (exact) mass is 220 g/mol. The van der Waals surface area contributed by atoms with Gasteiger partial charge in [0.1, 0.15) is 5.56 Å². The molecule has 0 saturated heterocycles. The van der Waals surface area contributed by atoms with E-state index < -0.39 is 5.97 Å². The Morgan fingerprint density at radius 3 is 2.79 bits per heavy atom. The van der Waals surface area contributed by atoms with E-state index in [2.05, 4.69) is 10.2 Å². The molecule has 0 unspecified atom stereocenters. The number of aromatic amines is 1. The summed E-state index contributed by atoms with van der Waals surface area (Å²) in [6.07, 6.45) is 1.39. The van der Waals surface area contributed by atoms with Gasteiger partial charge in [-0.05, 0) is 13.8 Å². The molecule has 0 saturated carbocycles. The number of carbonyl (C=O) groups is 1. The first kappa shape index (κ1) is 12.8. The maximum absolute atomic E-state index is 11.2. The van der Waals surface area contributed by atoms with Crippen LogP contribution >= 0.6 is 12.4 Å². The van der Waals surface area contributed by atoms with Crippen molar-refractivity contribution in [2.75, 3.05) is 13.2 Å². The number of nitrogens with zero attached hydrogens (tertiary/aromatic N) is 1. The van der Waals surface area contributed by atoms with Gasteiger partial charge in [0.05, 0.1) is 19.4 Å². The Balaban J connectivity index is 0.00000169. The average molecular weight is 221 g/mol. The zero-order valence-electron chi connectivity index (χ0n) is 8.07. The van der Waals surface area contributed by atoms with E-state index in [0.717, 1.165) is 0 Å². The van der Waals surface area contributed by atoms with Crippen LogP contribution in [0.2, 0.25) is 0 Å². The van der Waals surface area contributed by atoms with Gasteiger partial charge in [-0.15, -0.1) is 12.4 Å². The third-order valence-electron chi connectivity index (χ3n) is 1.39. The van der Waals surface area contributed by atoms with Crippen LogP contribution < -0.4 is 4.74 Å². The summed E-state index contributed by atoms with van der Waals surface area (Å²) in [5.41, 5.74) is 0.337. The summed E-state index contributed by atoms with van der Waals surface area (Å²) in [6, 6.07) is 0. The molecule has 6 heteroatoms. The summed E-state index contributed by atoms with van der Waals surface area (Å²) in [6.45, 7) is 4.40. The zero-order valence-corrected chi connectivity index (χ0v) is 8.89. The van der Waals surface area contributed by atoms with Crippen molar-refractivity contribution in [3.8, 4) is 5.88 Å². The van der Waals surface area contributed by atoms with Gasteiger partial charge in [0.25, 0.3) is 0 Å². The molecule has 0 atom stereocenters. The van der Waals surface area contributed by atoms with Crippen LogP contribution in [0.1, 0.15) is 24.2 Å². The molecular formula is C8H13ClN2O3. The molecule has 1 N–H and O–H groups in total. The fourth-order valence-electron chi connectivity index (χ4n) is 0.883. The minimum absolute atomic E-state index is 0. The fourth-order valence-corrected chi connectivity index (χ4v) is 0.883. The van der Waals surface area contributed by atoms with Crippen molar-refractivity contribution < 1.29 is 14.3 Å². The molecule has 0 aromatic carbocycles. The lowest BCUT2D eigenvalue weighted by Crippen LogP contribution is -2.06. The van der Waals surface area contributed by atoms with Gasteiger partial charge in [-0.1, -0.05) is 0 Å². The molecule has 1 aromatic heterocycles. The lowest BCUT2D eigenvalue weighted by molar-refractivity contribution is 0.0522. The number of carbonyl (C=O) groups excluding carboxylic acids is 1. The summed E-state index contributed by atoms with van der Waals surface area (Å²) >= 11 is 0. The van der Waals surface area contributed by atoms with E-state index in [1.165, 1.54) is 6.20 Å². The normalized spacial score (nSPS) is 9.00. The van der Waals surface area contributed by atoms with Gasteiger partial charge in [-0.3, -0.25) is 0 Å². The molecular weight excluding hydrogens is 208 g/mol. The van der Waals surface area contributed by atoms with E-state index in [-0.39, 0.29) is 12.4 Å². The van der Waals surface area contributed by atoms with Crippen LogP contribution in [0, 0.1) is 0 Å². The summed E-state index contributed by atoms with van der Waals surface area (Å²) in [7, 11) is 0. The standard InChI is InChI=1S/C8H12N2O3.ClH/c1-3-12-7-6(5-9-10-7)8(11)13-4-2;/h5H,3-4H2,1-2H3,(H,9,10);1H. The Hall–Kier alpha value is -1.23. The third-order valence-corrected chi connectivity index (χ3v) is 1.39. The van der Waals surface area contributed by atoms with Gasteiger partial charge in [0.2, 0.25) is 5.88 Å². The maximum Gasteiger partial charge on any atom is 0.345 e. The van der Waals surface area contributed by atoms with E-state index >= 15 is 0 Å². The van der Waals surface area contributed by atoms with Gasteiger partial charge in [0.15, 0.2) is 0 Å². The smallest absolute Gasteiger partial charge is 0.345 e. The van der Waals surface area contributed by atoms with Crippen LogP contribution in [0.4, 0.5) is 0 Å². The number of H-pyrrole nitrogens is 1. The van der Waals surface area contributed by atoms with Crippen molar-refractivity contribution in [3.63, 3.8) is 0 Å². The average Bonchev–Trinajstić information content (AvgIpc) is 2.54. The Morgan fingerprint density at radius 1 is 1.50 bits per heavy atom. The molecule has 0 aliphatic rings. The molecule has 80 valence electrons. The zero-order chi connectivity index (χ0) is 9.68. The molecule has 0 spiro atoms.